The SMILES string of the molecule is O=C(OC(CCO)C(CCO)OC(=O)c1ccccc1)c1ccccc1. The topological polar surface area (TPSA) is 93.1 Å². The molecule has 6 heteroatoms. The zero-order chi connectivity index (χ0) is 18.8. The van der Waals surface area contributed by atoms with E-state index in [1.807, 2.05) is 0 Å². The van der Waals surface area contributed by atoms with Crippen LogP contribution in [0.3, 0.4) is 0 Å². The molecule has 0 amide bonds. The van der Waals surface area contributed by atoms with E-state index in [0.717, 1.165) is 0 Å². The van der Waals surface area contributed by atoms with Crippen molar-refractivity contribution in [3.63, 3.8) is 0 Å². The maximum Gasteiger partial charge on any atom is 0.338 e. The van der Waals surface area contributed by atoms with Gasteiger partial charge in [-0.05, 0) is 24.3 Å². The number of aliphatic hydroxyl groups is 2. The standard InChI is InChI=1S/C20H22O6/c21-13-11-17(25-19(23)15-7-3-1-4-8-15)18(12-14-22)26-20(24)16-9-5-2-6-10-16/h1-10,17-18,21-22H,11-14H2. The van der Waals surface area contributed by atoms with E-state index in [4.69, 9.17) is 9.47 Å². The summed E-state index contributed by atoms with van der Waals surface area (Å²) in [5.41, 5.74) is 0.708. The summed E-state index contributed by atoms with van der Waals surface area (Å²) in [7, 11) is 0. The fourth-order valence-corrected chi connectivity index (χ4v) is 2.46. The molecule has 0 aliphatic carbocycles. The molecule has 2 N–H and O–H groups in total. The second-order valence-electron chi connectivity index (χ2n) is 5.64. The molecular formula is C20H22O6. The minimum atomic E-state index is -0.868. The lowest BCUT2D eigenvalue weighted by Crippen LogP contribution is -2.37. The lowest BCUT2D eigenvalue weighted by atomic mass is 10.1. The third kappa shape index (κ3) is 5.68. The van der Waals surface area contributed by atoms with E-state index in [-0.39, 0.29) is 26.1 Å². The minimum absolute atomic E-state index is 0.0886. The third-order valence-electron chi connectivity index (χ3n) is 3.78. The van der Waals surface area contributed by atoms with Crippen molar-refractivity contribution in [2.75, 3.05) is 13.2 Å². The van der Waals surface area contributed by atoms with Gasteiger partial charge in [-0.1, -0.05) is 36.4 Å². The Morgan fingerprint density at radius 1 is 0.692 bits per heavy atom. The Balaban J connectivity index is 2.11. The van der Waals surface area contributed by atoms with Crippen molar-refractivity contribution in [3.8, 4) is 0 Å². The third-order valence-corrected chi connectivity index (χ3v) is 3.78. The maximum absolute atomic E-state index is 12.3. The lowest BCUT2D eigenvalue weighted by Gasteiger charge is -2.26. The van der Waals surface area contributed by atoms with Gasteiger partial charge in [0.1, 0.15) is 12.2 Å². The van der Waals surface area contributed by atoms with Crippen LogP contribution in [0.2, 0.25) is 0 Å². The summed E-state index contributed by atoms with van der Waals surface area (Å²) in [6.45, 7) is -0.505. The van der Waals surface area contributed by atoms with Crippen LogP contribution in [-0.2, 0) is 9.47 Å². The Hall–Kier alpha value is -2.70. The van der Waals surface area contributed by atoms with Crippen LogP contribution in [0.25, 0.3) is 0 Å². The predicted molar refractivity (Wildman–Crippen MR) is 94.7 cm³/mol. The molecule has 2 rings (SSSR count). The summed E-state index contributed by atoms with van der Waals surface area (Å²) in [6.07, 6.45) is -1.56. The highest BCUT2D eigenvalue weighted by molar-refractivity contribution is 5.90. The van der Waals surface area contributed by atoms with E-state index in [9.17, 15) is 19.8 Å². The normalized spacial score (nSPS) is 12.8. The zero-order valence-electron chi connectivity index (χ0n) is 14.3. The number of aliphatic hydroxyl groups excluding tert-OH is 2. The molecule has 2 unspecified atom stereocenters. The zero-order valence-corrected chi connectivity index (χ0v) is 14.3. The van der Waals surface area contributed by atoms with Gasteiger partial charge in [-0.2, -0.15) is 0 Å². The molecule has 0 aliphatic heterocycles. The summed E-state index contributed by atoms with van der Waals surface area (Å²) in [4.78, 5) is 24.6. The molecule has 26 heavy (non-hydrogen) atoms. The number of benzene rings is 2. The first-order valence-electron chi connectivity index (χ1n) is 8.39. The van der Waals surface area contributed by atoms with E-state index in [1.165, 1.54) is 0 Å². The Kier molecular flexibility index (Phi) is 7.79. The second kappa shape index (κ2) is 10.3. The number of hydrogen-bond donors (Lipinski definition) is 2. The van der Waals surface area contributed by atoms with E-state index >= 15 is 0 Å². The van der Waals surface area contributed by atoms with Crippen LogP contribution in [-0.4, -0.2) is 47.6 Å². The van der Waals surface area contributed by atoms with E-state index in [1.54, 1.807) is 60.7 Å². The highest BCUT2D eigenvalue weighted by Gasteiger charge is 2.29. The first kappa shape index (κ1) is 19.6. The van der Waals surface area contributed by atoms with Crippen molar-refractivity contribution >= 4 is 11.9 Å². The fourth-order valence-electron chi connectivity index (χ4n) is 2.46. The number of rotatable bonds is 9. The molecule has 0 aliphatic rings. The molecule has 0 aromatic heterocycles. The first-order valence-corrected chi connectivity index (χ1v) is 8.39. The summed E-state index contributed by atoms with van der Waals surface area (Å²) in [5, 5.41) is 18.6. The summed E-state index contributed by atoms with van der Waals surface area (Å²) in [6, 6.07) is 16.8. The molecular weight excluding hydrogens is 336 g/mol. The predicted octanol–water partition coefficient (Wildman–Crippen LogP) is 2.20. The largest absolute Gasteiger partial charge is 0.455 e. The Bertz CT molecular complexity index is 624. The molecule has 0 saturated carbocycles. The van der Waals surface area contributed by atoms with Crippen molar-refractivity contribution in [2.24, 2.45) is 0 Å². The smallest absolute Gasteiger partial charge is 0.338 e. The van der Waals surface area contributed by atoms with Gasteiger partial charge in [0.05, 0.1) is 11.1 Å². The first-order chi connectivity index (χ1) is 12.7. The number of hydrogen-bond acceptors (Lipinski definition) is 6. The summed E-state index contributed by atoms with van der Waals surface area (Å²) < 4.78 is 10.9. The highest BCUT2D eigenvalue weighted by atomic mass is 16.6. The minimum Gasteiger partial charge on any atom is -0.455 e. The molecule has 6 nitrogen and oxygen atoms in total. The van der Waals surface area contributed by atoms with Crippen molar-refractivity contribution < 1.29 is 29.3 Å². The molecule has 2 aromatic rings. The molecule has 0 radical (unpaired) electrons. The van der Waals surface area contributed by atoms with Crippen molar-refractivity contribution in [1.82, 2.24) is 0 Å². The number of esters is 2. The summed E-state index contributed by atoms with van der Waals surface area (Å²) in [5.74, 6) is -1.16. The van der Waals surface area contributed by atoms with Crippen LogP contribution in [0.5, 0.6) is 0 Å². The number of carbonyl (C=O) groups excluding carboxylic acids is 2. The van der Waals surface area contributed by atoms with Gasteiger partial charge in [0.2, 0.25) is 0 Å². The van der Waals surface area contributed by atoms with Crippen LogP contribution in [0, 0.1) is 0 Å². The lowest BCUT2D eigenvalue weighted by molar-refractivity contribution is -0.0490. The van der Waals surface area contributed by atoms with Gasteiger partial charge in [-0.25, -0.2) is 9.59 Å². The molecule has 0 fully saturated rings. The van der Waals surface area contributed by atoms with E-state index < -0.39 is 24.1 Å². The van der Waals surface area contributed by atoms with E-state index in [0.29, 0.717) is 11.1 Å². The second-order valence-corrected chi connectivity index (χ2v) is 5.64. The Labute approximate surface area is 152 Å². The molecule has 0 bridgehead atoms. The van der Waals surface area contributed by atoms with E-state index in [2.05, 4.69) is 0 Å². The van der Waals surface area contributed by atoms with Crippen LogP contribution >= 0.6 is 0 Å². The van der Waals surface area contributed by atoms with Gasteiger partial charge in [0.15, 0.2) is 0 Å². The van der Waals surface area contributed by atoms with Crippen LogP contribution in [0.1, 0.15) is 33.6 Å². The Morgan fingerprint density at radius 2 is 1.04 bits per heavy atom. The molecule has 0 heterocycles. The Morgan fingerprint density at radius 3 is 1.35 bits per heavy atom. The van der Waals surface area contributed by atoms with Crippen molar-refractivity contribution in [2.45, 2.75) is 25.0 Å². The average Bonchev–Trinajstić information content (AvgIpc) is 2.68. The number of carbonyl (C=O) groups is 2. The molecule has 0 spiro atoms. The molecule has 2 aromatic carbocycles. The van der Waals surface area contributed by atoms with Gasteiger partial charge in [-0.3, -0.25) is 0 Å². The van der Waals surface area contributed by atoms with Gasteiger partial charge < -0.3 is 19.7 Å². The van der Waals surface area contributed by atoms with Gasteiger partial charge >= 0.3 is 11.9 Å². The van der Waals surface area contributed by atoms with Crippen LogP contribution in [0.4, 0.5) is 0 Å². The van der Waals surface area contributed by atoms with Gasteiger partial charge in [0.25, 0.3) is 0 Å². The van der Waals surface area contributed by atoms with Gasteiger partial charge in [0, 0.05) is 26.1 Å². The average molecular weight is 358 g/mol. The van der Waals surface area contributed by atoms with Crippen LogP contribution in [0.15, 0.2) is 60.7 Å². The molecule has 138 valence electrons. The van der Waals surface area contributed by atoms with Crippen molar-refractivity contribution in [3.05, 3.63) is 71.8 Å². The molecule has 0 saturated heterocycles. The maximum atomic E-state index is 12.3. The van der Waals surface area contributed by atoms with Gasteiger partial charge in [-0.15, -0.1) is 0 Å². The number of ether oxygens (including phenoxy) is 2. The highest BCUT2D eigenvalue weighted by Crippen LogP contribution is 2.17. The summed E-state index contributed by atoms with van der Waals surface area (Å²) >= 11 is 0. The monoisotopic (exact) mass is 358 g/mol. The van der Waals surface area contributed by atoms with Crippen molar-refractivity contribution in [1.29, 1.82) is 0 Å². The quantitative estimate of drug-likeness (QED) is 0.668. The fraction of sp³-hybridized carbons (Fsp3) is 0.300. The van der Waals surface area contributed by atoms with Crippen LogP contribution < -0.4 is 0 Å². The molecule has 2 atom stereocenters.